The fourth-order valence-electron chi connectivity index (χ4n) is 6.78. The van der Waals surface area contributed by atoms with Crippen molar-refractivity contribution in [2.24, 2.45) is 0 Å². The molecule has 2 aromatic carbocycles. The summed E-state index contributed by atoms with van der Waals surface area (Å²) in [5.74, 6) is -3.69. The number of nitrogens with one attached hydrogen (secondary N) is 2. The van der Waals surface area contributed by atoms with E-state index < -0.39 is 162 Å². The standard InChI is InChI=1S/C40H60N12O22S4/c1-49(11-13-75(63,64)65)37-43-35(45-39(47-37)51(3)17-26(56)32(60)34(62)28(58)20-55)41-23-9-7-21(29(15-23)77(69,70)71)5-6-22-8-10-24(16-30(22)78(72,73)74)42-36-44-38(50(2)12-14-76(66,67)68)48-40(46-36)52(4)25(18-53)31(59)33(61)27(57)19-54/h5-10,15-16,25-28,31-34,53-62H,11-14,17-20H2,1-4H3,(H,63,64,65)(H,66,67,68)(H,69,70,71)(H,72,73,74)(H,41,43,45,47)(H,42,44,46,48). The maximum atomic E-state index is 12.8. The van der Waals surface area contributed by atoms with E-state index in [1.807, 2.05) is 0 Å². The zero-order chi connectivity index (χ0) is 58.8. The molecule has 0 aliphatic carbocycles. The summed E-state index contributed by atoms with van der Waals surface area (Å²) in [6.45, 7) is -4.19. The molecule has 8 unspecified atom stereocenters. The van der Waals surface area contributed by atoms with Gasteiger partial charge < -0.3 is 81.3 Å². The van der Waals surface area contributed by atoms with Crippen LogP contribution in [0.15, 0.2) is 46.2 Å². The van der Waals surface area contributed by atoms with Crippen molar-refractivity contribution in [3.8, 4) is 0 Å². The fraction of sp³-hybridized carbons (Fsp3) is 0.500. The number of likely N-dealkylation sites (N-methyl/N-ethyl adjacent to an activating group) is 2. The Hall–Kier alpha value is -5.76. The lowest BCUT2D eigenvalue weighted by Gasteiger charge is -2.34. The van der Waals surface area contributed by atoms with Gasteiger partial charge in [-0.15, -0.1) is 0 Å². The zero-order valence-electron chi connectivity index (χ0n) is 41.5. The number of hydrogen-bond acceptors (Lipinski definition) is 30. The van der Waals surface area contributed by atoms with Gasteiger partial charge in [0.2, 0.25) is 35.7 Å². The molecule has 0 aliphatic heterocycles. The van der Waals surface area contributed by atoms with Crippen LogP contribution in [0.25, 0.3) is 12.2 Å². The quantitative estimate of drug-likeness (QED) is 0.0171. The zero-order valence-corrected chi connectivity index (χ0v) is 44.8. The van der Waals surface area contributed by atoms with Crippen LogP contribution in [0.5, 0.6) is 0 Å². The van der Waals surface area contributed by atoms with Gasteiger partial charge in [-0.05, 0) is 35.4 Å². The number of hydrogen-bond donors (Lipinski definition) is 16. The third kappa shape index (κ3) is 18.4. The van der Waals surface area contributed by atoms with Crippen LogP contribution in [-0.2, 0) is 40.5 Å². The first-order valence-electron chi connectivity index (χ1n) is 22.4. The summed E-state index contributed by atoms with van der Waals surface area (Å²) in [6.07, 6.45) is -11.3. The smallest absolute Gasteiger partial charge is 0.295 e. The fourth-order valence-corrected chi connectivity index (χ4v) is 9.21. The number of benzene rings is 2. The summed E-state index contributed by atoms with van der Waals surface area (Å²) in [4.78, 5) is 28.1. The molecule has 0 aliphatic rings. The van der Waals surface area contributed by atoms with Crippen LogP contribution in [0.1, 0.15) is 11.1 Å². The Balaban J connectivity index is 1.74. The van der Waals surface area contributed by atoms with Crippen molar-refractivity contribution in [2.45, 2.75) is 58.6 Å². The van der Waals surface area contributed by atoms with Gasteiger partial charge in [0.15, 0.2) is 0 Å². The van der Waals surface area contributed by atoms with Crippen LogP contribution in [0, 0.1) is 0 Å². The van der Waals surface area contributed by atoms with Crippen LogP contribution >= 0.6 is 0 Å². The Labute approximate surface area is 446 Å². The number of aliphatic hydroxyl groups excluding tert-OH is 10. The Morgan fingerprint density at radius 1 is 0.487 bits per heavy atom. The molecular weight excluding hydrogens is 1130 g/mol. The van der Waals surface area contributed by atoms with Gasteiger partial charge in [0.1, 0.15) is 52.5 Å². The third-order valence-corrected chi connectivity index (χ3v) is 14.5. The van der Waals surface area contributed by atoms with E-state index in [9.17, 15) is 97.8 Å². The van der Waals surface area contributed by atoms with Crippen LogP contribution < -0.4 is 30.2 Å². The lowest BCUT2D eigenvalue weighted by molar-refractivity contribution is -0.112. The Kier molecular flexibility index (Phi) is 22.4. The molecule has 0 saturated carbocycles. The van der Waals surface area contributed by atoms with E-state index in [2.05, 4.69) is 40.5 Å². The van der Waals surface area contributed by atoms with E-state index in [1.165, 1.54) is 40.3 Å². The maximum Gasteiger partial charge on any atom is 0.295 e. The minimum Gasteiger partial charge on any atom is -0.394 e. The predicted molar refractivity (Wildman–Crippen MR) is 276 cm³/mol. The Bertz CT molecular complexity index is 3190. The molecule has 4 rings (SSSR count). The van der Waals surface area contributed by atoms with E-state index in [4.69, 9.17) is 5.11 Å². The molecule has 38 heteroatoms. The predicted octanol–water partition coefficient (Wildman–Crippen LogP) is -5.40. The summed E-state index contributed by atoms with van der Waals surface area (Å²) < 4.78 is 137. The molecule has 0 bridgehead atoms. The van der Waals surface area contributed by atoms with Crippen LogP contribution in [0.2, 0.25) is 0 Å². The molecule has 436 valence electrons. The molecule has 2 aromatic heterocycles. The van der Waals surface area contributed by atoms with Crippen molar-refractivity contribution in [3.63, 3.8) is 0 Å². The Morgan fingerprint density at radius 3 is 1.22 bits per heavy atom. The minimum atomic E-state index is -5.15. The molecule has 2 heterocycles. The second-order valence-corrected chi connectivity index (χ2v) is 23.2. The van der Waals surface area contributed by atoms with Crippen molar-refractivity contribution in [3.05, 3.63) is 47.5 Å². The van der Waals surface area contributed by atoms with Crippen LogP contribution in [0.4, 0.5) is 47.1 Å². The average molecular weight is 1190 g/mol. The summed E-state index contributed by atoms with van der Waals surface area (Å²) in [7, 11) is -14.1. The molecule has 0 radical (unpaired) electrons. The minimum absolute atomic E-state index is 0.140. The van der Waals surface area contributed by atoms with E-state index in [0.717, 1.165) is 56.0 Å². The highest BCUT2D eigenvalue weighted by molar-refractivity contribution is 7.86. The van der Waals surface area contributed by atoms with E-state index in [1.54, 1.807) is 0 Å². The SMILES string of the molecule is CN(CCS(=O)(=O)O)c1nc(Nc2ccc(C=Cc3ccc(Nc4nc(N(C)CCS(=O)(=O)O)nc(N(C)C(CO)C(O)C(O)C(O)CO)n4)cc3S(=O)(=O)O)c(S(=O)(=O)O)c2)nc(N(C)CC(O)C(O)C(O)C(O)CO)n1. The van der Waals surface area contributed by atoms with E-state index in [0.29, 0.717) is 0 Å². The first-order chi connectivity index (χ1) is 36.1. The van der Waals surface area contributed by atoms with Crippen molar-refractivity contribution < 1.29 is 103 Å². The summed E-state index contributed by atoms with van der Waals surface area (Å²) in [6, 6.07) is 5.04. The highest BCUT2D eigenvalue weighted by Crippen LogP contribution is 2.30. The third-order valence-electron chi connectivity index (χ3n) is 11.3. The van der Waals surface area contributed by atoms with Crippen molar-refractivity contribution in [1.82, 2.24) is 29.9 Å². The molecule has 0 spiro atoms. The first kappa shape index (κ1) is 64.8. The molecule has 0 amide bonds. The molecule has 78 heavy (non-hydrogen) atoms. The number of aromatic nitrogens is 6. The van der Waals surface area contributed by atoms with Crippen molar-refractivity contribution in [2.75, 3.05) is 109 Å². The molecule has 34 nitrogen and oxygen atoms in total. The van der Waals surface area contributed by atoms with Gasteiger partial charge in [0.05, 0.1) is 37.4 Å². The number of anilines is 8. The largest absolute Gasteiger partial charge is 0.394 e. The Morgan fingerprint density at radius 2 is 0.846 bits per heavy atom. The van der Waals surface area contributed by atoms with Gasteiger partial charge in [0.25, 0.3) is 40.5 Å². The second-order valence-electron chi connectivity index (χ2n) is 17.2. The van der Waals surface area contributed by atoms with Gasteiger partial charge in [-0.25, -0.2) is 0 Å². The molecule has 16 N–H and O–H groups in total. The average Bonchev–Trinajstić information content (AvgIpc) is 3.38. The number of nitrogens with zero attached hydrogens (tertiary/aromatic N) is 10. The lowest BCUT2D eigenvalue weighted by atomic mass is 10.0. The summed E-state index contributed by atoms with van der Waals surface area (Å²) >= 11 is 0. The monoisotopic (exact) mass is 1190 g/mol. The first-order valence-corrected chi connectivity index (χ1v) is 28.5. The summed E-state index contributed by atoms with van der Waals surface area (Å²) in [5.41, 5.74) is -0.850. The van der Waals surface area contributed by atoms with Gasteiger partial charge in [0, 0.05) is 59.2 Å². The molecule has 8 atom stereocenters. The van der Waals surface area contributed by atoms with Gasteiger partial charge in [-0.3, -0.25) is 18.2 Å². The maximum absolute atomic E-state index is 12.8. The van der Waals surface area contributed by atoms with Crippen molar-refractivity contribution in [1.29, 1.82) is 0 Å². The normalized spacial score (nSPS) is 15.7. The number of rotatable bonds is 30. The van der Waals surface area contributed by atoms with Gasteiger partial charge >= 0.3 is 0 Å². The topological polar surface area (TPSA) is 534 Å². The highest BCUT2D eigenvalue weighted by Gasteiger charge is 2.35. The van der Waals surface area contributed by atoms with Crippen LogP contribution in [-0.4, -0.2) is 261 Å². The van der Waals surface area contributed by atoms with Gasteiger partial charge in [-0.2, -0.15) is 63.6 Å². The molecule has 0 saturated heterocycles. The van der Waals surface area contributed by atoms with Gasteiger partial charge in [-0.1, -0.05) is 24.3 Å². The van der Waals surface area contributed by atoms with E-state index >= 15 is 0 Å². The molecule has 4 aromatic rings. The number of aliphatic hydroxyl groups is 10. The van der Waals surface area contributed by atoms with Crippen LogP contribution in [0.3, 0.4) is 0 Å². The highest BCUT2D eigenvalue weighted by atomic mass is 32.2. The lowest BCUT2D eigenvalue weighted by Crippen LogP contribution is -2.54. The summed E-state index contributed by atoms with van der Waals surface area (Å²) in [5, 5.41) is 106. The molecule has 0 fully saturated rings. The van der Waals surface area contributed by atoms with E-state index in [-0.39, 0.29) is 46.3 Å². The molecular formula is C40H60N12O22S4. The van der Waals surface area contributed by atoms with Crippen molar-refractivity contribution >= 4 is 99.7 Å². The second kappa shape index (κ2) is 26.9.